The number of aromatic nitrogens is 2. The van der Waals surface area contributed by atoms with E-state index in [9.17, 15) is 9.59 Å². The molecule has 3 heterocycles. The molecule has 0 atom stereocenters. The number of halogens is 1. The summed E-state index contributed by atoms with van der Waals surface area (Å²) < 4.78 is 11.3. The molecule has 1 aliphatic rings. The Morgan fingerprint density at radius 3 is 2.59 bits per heavy atom. The van der Waals surface area contributed by atoms with Crippen molar-refractivity contribution in [2.24, 2.45) is 0 Å². The summed E-state index contributed by atoms with van der Waals surface area (Å²) in [5.74, 6) is 0.150. The number of Topliss-reactive ketones (excluding diaryl/α,β-unsaturated/α-hetero) is 1. The van der Waals surface area contributed by atoms with Crippen LogP contribution in [0.1, 0.15) is 23.2 Å². The number of fused-ring (bicyclic) bond motifs is 1. The van der Waals surface area contributed by atoms with Gasteiger partial charge in [-0.05, 0) is 30.3 Å². The van der Waals surface area contributed by atoms with Crippen molar-refractivity contribution in [3.63, 3.8) is 0 Å². The summed E-state index contributed by atoms with van der Waals surface area (Å²) in [7, 11) is 1.52. The van der Waals surface area contributed by atoms with Gasteiger partial charge in [0.05, 0.1) is 18.1 Å². The van der Waals surface area contributed by atoms with Crippen molar-refractivity contribution in [1.82, 2.24) is 14.9 Å². The summed E-state index contributed by atoms with van der Waals surface area (Å²) in [4.78, 5) is 34.3. The van der Waals surface area contributed by atoms with Crippen LogP contribution in [-0.4, -0.2) is 52.9 Å². The Morgan fingerprint density at radius 2 is 1.90 bits per heavy atom. The van der Waals surface area contributed by atoms with E-state index in [1.165, 1.54) is 13.3 Å². The molecule has 0 radical (unpaired) electrons. The van der Waals surface area contributed by atoms with Crippen LogP contribution in [0.15, 0.2) is 42.7 Å². The molecule has 0 bridgehead atoms. The van der Waals surface area contributed by atoms with E-state index in [4.69, 9.17) is 21.1 Å². The number of hydrogen-bond donors (Lipinski definition) is 1. The van der Waals surface area contributed by atoms with E-state index >= 15 is 0 Å². The Labute approximate surface area is 172 Å². The van der Waals surface area contributed by atoms with Crippen LogP contribution >= 0.6 is 11.6 Å². The van der Waals surface area contributed by atoms with E-state index < -0.39 is 11.7 Å². The van der Waals surface area contributed by atoms with Gasteiger partial charge >= 0.3 is 0 Å². The standard InChI is InChI=1S/C21H20ClN3O4/c1-28-17-6-9-23-20-18(17)16(12-24-20)19(26)21(27)25-10-7-15(8-11-25)29-14-4-2-13(22)3-5-14/h2-6,9,12,15H,7-8,10-11H2,1H3,(H,23,24). The van der Waals surface area contributed by atoms with Gasteiger partial charge in [0.15, 0.2) is 0 Å². The number of nitrogens with one attached hydrogen (secondary N) is 1. The van der Waals surface area contributed by atoms with Crippen LogP contribution in [0.3, 0.4) is 0 Å². The average molecular weight is 414 g/mol. The minimum absolute atomic E-state index is 0.00675. The Hall–Kier alpha value is -3.06. The first-order valence-corrected chi connectivity index (χ1v) is 9.70. The lowest BCUT2D eigenvalue weighted by Gasteiger charge is -2.31. The van der Waals surface area contributed by atoms with E-state index in [0.717, 1.165) is 5.75 Å². The van der Waals surface area contributed by atoms with Gasteiger partial charge in [-0.2, -0.15) is 0 Å². The molecule has 0 spiro atoms. The second-order valence-corrected chi connectivity index (χ2v) is 7.27. The van der Waals surface area contributed by atoms with Gasteiger partial charge in [0.25, 0.3) is 11.7 Å². The summed E-state index contributed by atoms with van der Waals surface area (Å²) in [5.41, 5.74) is 0.782. The van der Waals surface area contributed by atoms with Crippen molar-refractivity contribution in [2.45, 2.75) is 18.9 Å². The van der Waals surface area contributed by atoms with Crippen LogP contribution in [0, 0.1) is 0 Å². The van der Waals surface area contributed by atoms with E-state index in [2.05, 4.69) is 9.97 Å². The van der Waals surface area contributed by atoms with Crippen LogP contribution in [0.2, 0.25) is 5.02 Å². The maximum atomic E-state index is 12.9. The first kappa shape index (κ1) is 19.3. The maximum Gasteiger partial charge on any atom is 0.295 e. The Balaban J connectivity index is 1.42. The van der Waals surface area contributed by atoms with Crippen LogP contribution in [-0.2, 0) is 4.79 Å². The molecule has 1 N–H and O–H groups in total. The van der Waals surface area contributed by atoms with Crippen molar-refractivity contribution in [2.75, 3.05) is 20.2 Å². The molecular formula is C21H20ClN3O4. The molecule has 4 rings (SSSR count). The molecule has 7 nitrogen and oxygen atoms in total. The fraction of sp³-hybridized carbons (Fsp3) is 0.286. The first-order chi connectivity index (χ1) is 14.1. The molecule has 1 aromatic carbocycles. The van der Waals surface area contributed by atoms with Gasteiger partial charge < -0.3 is 19.4 Å². The van der Waals surface area contributed by atoms with Gasteiger partial charge in [-0.1, -0.05) is 11.6 Å². The summed E-state index contributed by atoms with van der Waals surface area (Å²) in [5, 5.41) is 1.18. The number of nitrogens with zero attached hydrogens (tertiary/aromatic N) is 2. The van der Waals surface area contributed by atoms with Crippen LogP contribution in [0.5, 0.6) is 11.5 Å². The largest absolute Gasteiger partial charge is 0.496 e. The lowest BCUT2D eigenvalue weighted by molar-refractivity contribution is -0.128. The number of methoxy groups -OCH3 is 1. The second kappa shape index (κ2) is 8.13. The molecule has 3 aromatic rings. The topological polar surface area (TPSA) is 84.5 Å². The Kier molecular flexibility index (Phi) is 5.40. The summed E-state index contributed by atoms with van der Waals surface area (Å²) in [6.45, 7) is 0.918. The predicted octanol–water partition coefficient (Wildman–Crippen LogP) is 3.48. The third-order valence-corrected chi connectivity index (χ3v) is 5.29. The molecule has 29 heavy (non-hydrogen) atoms. The molecule has 0 aliphatic carbocycles. The van der Waals surface area contributed by atoms with Gasteiger partial charge in [0, 0.05) is 43.3 Å². The van der Waals surface area contributed by atoms with Crippen LogP contribution in [0.25, 0.3) is 11.0 Å². The lowest BCUT2D eigenvalue weighted by Crippen LogP contribution is -2.44. The fourth-order valence-electron chi connectivity index (χ4n) is 3.52. The molecule has 0 saturated carbocycles. The predicted molar refractivity (Wildman–Crippen MR) is 109 cm³/mol. The van der Waals surface area contributed by atoms with Crippen molar-refractivity contribution in [1.29, 1.82) is 0 Å². The molecule has 0 unspecified atom stereocenters. The number of piperidine rings is 1. The highest BCUT2D eigenvalue weighted by atomic mass is 35.5. The molecule has 1 fully saturated rings. The monoisotopic (exact) mass is 413 g/mol. The summed E-state index contributed by atoms with van der Waals surface area (Å²) >= 11 is 5.89. The first-order valence-electron chi connectivity index (χ1n) is 9.32. The molecular weight excluding hydrogens is 394 g/mol. The highest BCUT2D eigenvalue weighted by Crippen LogP contribution is 2.28. The van der Waals surface area contributed by atoms with Crippen molar-refractivity contribution >= 4 is 34.3 Å². The average Bonchev–Trinajstić information content (AvgIpc) is 3.19. The number of hydrogen-bond acceptors (Lipinski definition) is 5. The zero-order valence-electron chi connectivity index (χ0n) is 15.9. The van der Waals surface area contributed by atoms with Crippen LogP contribution in [0.4, 0.5) is 0 Å². The number of likely N-dealkylation sites (tertiary alicyclic amines) is 1. The number of rotatable bonds is 5. The third-order valence-electron chi connectivity index (χ3n) is 5.04. The lowest BCUT2D eigenvalue weighted by atomic mass is 10.0. The van der Waals surface area contributed by atoms with Gasteiger partial charge in [-0.25, -0.2) is 4.98 Å². The molecule has 2 aromatic heterocycles. The molecule has 150 valence electrons. The second-order valence-electron chi connectivity index (χ2n) is 6.83. The van der Waals surface area contributed by atoms with E-state index in [-0.39, 0.29) is 11.7 Å². The zero-order chi connectivity index (χ0) is 20.4. The van der Waals surface area contributed by atoms with Crippen LogP contribution < -0.4 is 9.47 Å². The Morgan fingerprint density at radius 1 is 1.17 bits per heavy atom. The highest BCUT2D eigenvalue weighted by Gasteiger charge is 2.30. The third kappa shape index (κ3) is 3.91. The molecule has 1 aliphatic heterocycles. The zero-order valence-corrected chi connectivity index (χ0v) is 16.6. The minimum Gasteiger partial charge on any atom is -0.496 e. The minimum atomic E-state index is -0.570. The fourth-order valence-corrected chi connectivity index (χ4v) is 3.64. The molecule has 1 saturated heterocycles. The number of amides is 1. The number of pyridine rings is 1. The highest BCUT2D eigenvalue weighted by molar-refractivity contribution is 6.45. The van der Waals surface area contributed by atoms with Gasteiger partial charge in [0.1, 0.15) is 23.3 Å². The number of aromatic amines is 1. The van der Waals surface area contributed by atoms with Crippen molar-refractivity contribution in [3.8, 4) is 11.5 Å². The van der Waals surface area contributed by atoms with Gasteiger partial charge in [-0.15, -0.1) is 0 Å². The van der Waals surface area contributed by atoms with E-state index in [1.54, 1.807) is 29.3 Å². The SMILES string of the molecule is COc1ccnc2[nH]cc(C(=O)C(=O)N3CCC(Oc4ccc(Cl)cc4)CC3)c12. The number of H-pyrrole nitrogens is 1. The van der Waals surface area contributed by atoms with E-state index in [0.29, 0.717) is 47.7 Å². The number of ketones is 1. The summed E-state index contributed by atoms with van der Waals surface area (Å²) in [6, 6.07) is 8.86. The van der Waals surface area contributed by atoms with Crippen molar-refractivity contribution in [3.05, 3.63) is 53.3 Å². The number of carbonyl (C=O) groups excluding carboxylic acids is 2. The van der Waals surface area contributed by atoms with Gasteiger partial charge in [-0.3, -0.25) is 9.59 Å². The normalized spacial score (nSPS) is 14.8. The smallest absolute Gasteiger partial charge is 0.295 e. The van der Waals surface area contributed by atoms with E-state index in [1.807, 2.05) is 12.1 Å². The molecule has 1 amide bonds. The molecule has 8 heteroatoms. The quantitative estimate of drug-likeness (QED) is 0.511. The number of carbonyl (C=O) groups is 2. The van der Waals surface area contributed by atoms with Gasteiger partial charge in [0.2, 0.25) is 0 Å². The maximum absolute atomic E-state index is 12.9. The van der Waals surface area contributed by atoms with Crippen molar-refractivity contribution < 1.29 is 19.1 Å². The summed E-state index contributed by atoms with van der Waals surface area (Å²) in [6.07, 6.45) is 4.39. The number of ether oxygens (including phenoxy) is 2. The Bertz CT molecular complexity index is 1040. The number of benzene rings is 1.